The predicted molar refractivity (Wildman–Crippen MR) is 72.5 cm³/mol. The van der Waals surface area contributed by atoms with Crippen molar-refractivity contribution in [2.75, 3.05) is 19.8 Å². The van der Waals surface area contributed by atoms with E-state index >= 15 is 0 Å². The molecule has 1 aliphatic rings. The zero-order chi connectivity index (χ0) is 13.6. The maximum atomic E-state index is 9.80. The van der Waals surface area contributed by atoms with E-state index in [0.29, 0.717) is 19.8 Å². The van der Waals surface area contributed by atoms with Crippen LogP contribution in [0.4, 0.5) is 0 Å². The van der Waals surface area contributed by atoms with Gasteiger partial charge in [0.2, 0.25) is 0 Å². The molecule has 1 rings (SSSR count). The van der Waals surface area contributed by atoms with E-state index in [2.05, 4.69) is 6.92 Å². The molecule has 0 aromatic heterocycles. The molecule has 4 heteroatoms. The first-order valence-electron chi connectivity index (χ1n) is 7.11. The lowest BCUT2D eigenvalue weighted by Gasteiger charge is -2.39. The Morgan fingerprint density at radius 1 is 1.28 bits per heavy atom. The summed E-state index contributed by atoms with van der Waals surface area (Å²) in [6.45, 7) is 7.37. The van der Waals surface area contributed by atoms with Crippen molar-refractivity contribution < 1.29 is 14.6 Å². The van der Waals surface area contributed by atoms with E-state index in [0.717, 1.165) is 31.6 Å². The van der Waals surface area contributed by atoms with Gasteiger partial charge in [0, 0.05) is 6.54 Å². The zero-order valence-electron chi connectivity index (χ0n) is 12.0. The molecule has 0 heterocycles. The van der Waals surface area contributed by atoms with Crippen molar-refractivity contribution in [1.82, 2.24) is 0 Å². The van der Waals surface area contributed by atoms with Crippen molar-refractivity contribution in [3.63, 3.8) is 0 Å². The maximum Gasteiger partial charge on any atom is 0.101 e. The standard InChI is InChI=1S/C14H29NO3/c1-11(2)17-8-13(16)9-18-14(10-15)6-4-12(3)5-7-14/h11-13,16H,4-10,15H2,1-3H3. The first-order valence-corrected chi connectivity index (χ1v) is 7.11. The summed E-state index contributed by atoms with van der Waals surface area (Å²) in [6.07, 6.45) is 3.91. The Morgan fingerprint density at radius 2 is 1.89 bits per heavy atom. The van der Waals surface area contributed by atoms with Gasteiger partial charge in [-0.3, -0.25) is 0 Å². The summed E-state index contributed by atoms with van der Waals surface area (Å²) in [5.41, 5.74) is 5.64. The van der Waals surface area contributed by atoms with E-state index < -0.39 is 6.10 Å². The molecule has 0 amide bonds. The van der Waals surface area contributed by atoms with Crippen molar-refractivity contribution in [3.8, 4) is 0 Å². The minimum atomic E-state index is -0.560. The minimum Gasteiger partial charge on any atom is -0.388 e. The largest absolute Gasteiger partial charge is 0.388 e. The number of nitrogens with two attached hydrogens (primary N) is 1. The number of ether oxygens (including phenoxy) is 2. The second-order valence-electron chi connectivity index (χ2n) is 5.92. The molecule has 0 radical (unpaired) electrons. The highest BCUT2D eigenvalue weighted by atomic mass is 16.5. The second-order valence-corrected chi connectivity index (χ2v) is 5.92. The highest BCUT2D eigenvalue weighted by molar-refractivity contribution is 4.87. The average Bonchev–Trinajstić information content (AvgIpc) is 2.36. The second kappa shape index (κ2) is 7.43. The molecule has 0 bridgehead atoms. The SMILES string of the molecule is CC1CCC(CN)(OCC(O)COC(C)C)CC1. The molecule has 0 aromatic carbocycles. The van der Waals surface area contributed by atoms with Gasteiger partial charge >= 0.3 is 0 Å². The number of aliphatic hydroxyl groups excluding tert-OH is 1. The molecule has 0 aliphatic heterocycles. The van der Waals surface area contributed by atoms with Crippen LogP contribution in [0, 0.1) is 5.92 Å². The minimum absolute atomic E-state index is 0.138. The van der Waals surface area contributed by atoms with Crippen LogP contribution in [0.5, 0.6) is 0 Å². The maximum absolute atomic E-state index is 9.80. The normalized spacial score (nSPS) is 30.7. The van der Waals surface area contributed by atoms with Gasteiger partial charge in [0.15, 0.2) is 0 Å². The van der Waals surface area contributed by atoms with Gasteiger partial charge in [-0.25, -0.2) is 0 Å². The molecule has 0 spiro atoms. The van der Waals surface area contributed by atoms with Gasteiger partial charge in [-0.1, -0.05) is 6.92 Å². The number of aliphatic hydroxyl groups is 1. The van der Waals surface area contributed by atoms with E-state index in [1.54, 1.807) is 0 Å². The van der Waals surface area contributed by atoms with Crippen LogP contribution in [0.15, 0.2) is 0 Å². The smallest absolute Gasteiger partial charge is 0.101 e. The Labute approximate surface area is 111 Å². The van der Waals surface area contributed by atoms with Crippen molar-refractivity contribution in [3.05, 3.63) is 0 Å². The van der Waals surface area contributed by atoms with Gasteiger partial charge in [0.25, 0.3) is 0 Å². The summed E-state index contributed by atoms with van der Waals surface area (Å²) < 4.78 is 11.3. The third-order valence-corrected chi connectivity index (χ3v) is 3.76. The summed E-state index contributed by atoms with van der Waals surface area (Å²) >= 11 is 0. The Balaban J connectivity index is 2.30. The third-order valence-electron chi connectivity index (χ3n) is 3.76. The Morgan fingerprint density at radius 3 is 2.39 bits per heavy atom. The molecule has 1 atom stereocenters. The molecule has 0 saturated heterocycles. The van der Waals surface area contributed by atoms with Gasteiger partial charge in [-0.15, -0.1) is 0 Å². The lowest BCUT2D eigenvalue weighted by atomic mass is 9.79. The van der Waals surface area contributed by atoms with Gasteiger partial charge in [-0.05, 0) is 45.4 Å². The van der Waals surface area contributed by atoms with Crippen LogP contribution >= 0.6 is 0 Å². The average molecular weight is 259 g/mol. The van der Waals surface area contributed by atoms with E-state index in [1.807, 2.05) is 13.8 Å². The van der Waals surface area contributed by atoms with E-state index in [1.165, 1.54) is 0 Å². The van der Waals surface area contributed by atoms with Crippen LogP contribution in [0.25, 0.3) is 0 Å². The topological polar surface area (TPSA) is 64.7 Å². The summed E-state index contributed by atoms with van der Waals surface area (Å²) in [7, 11) is 0. The van der Waals surface area contributed by atoms with Gasteiger partial charge < -0.3 is 20.3 Å². The Hall–Kier alpha value is -0.160. The fourth-order valence-electron chi connectivity index (χ4n) is 2.32. The van der Waals surface area contributed by atoms with Gasteiger partial charge in [0.1, 0.15) is 6.10 Å². The first-order chi connectivity index (χ1) is 8.47. The van der Waals surface area contributed by atoms with Crippen molar-refractivity contribution in [1.29, 1.82) is 0 Å². The van der Waals surface area contributed by atoms with Crippen LogP contribution in [0.2, 0.25) is 0 Å². The molecule has 1 fully saturated rings. The van der Waals surface area contributed by atoms with E-state index in [9.17, 15) is 5.11 Å². The molecule has 1 saturated carbocycles. The van der Waals surface area contributed by atoms with Crippen LogP contribution in [-0.2, 0) is 9.47 Å². The summed E-state index contributed by atoms with van der Waals surface area (Å²) in [6, 6.07) is 0. The quantitative estimate of drug-likeness (QED) is 0.730. The fourth-order valence-corrected chi connectivity index (χ4v) is 2.32. The number of hydrogen-bond acceptors (Lipinski definition) is 4. The molecule has 3 N–H and O–H groups in total. The molecule has 1 unspecified atom stereocenters. The summed E-state index contributed by atoms with van der Waals surface area (Å²) in [4.78, 5) is 0. The van der Waals surface area contributed by atoms with Crippen LogP contribution in [0.3, 0.4) is 0 Å². The summed E-state index contributed by atoms with van der Waals surface area (Å²) in [5, 5.41) is 9.80. The van der Waals surface area contributed by atoms with Crippen molar-refractivity contribution >= 4 is 0 Å². The van der Waals surface area contributed by atoms with Gasteiger partial charge in [0.05, 0.1) is 24.9 Å². The van der Waals surface area contributed by atoms with E-state index in [-0.39, 0.29) is 11.7 Å². The van der Waals surface area contributed by atoms with Crippen molar-refractivity contribution in [2.45, 2.75) is 64.3 Å². The Bertz CT molecular complexity index is 225. The lowest BCUT2D eigenvalue weighted by Crippen LogP contribution is -2.45. The summed E-state index contributed by atoms with van der Waals surface area (Å²) in [5.74, 6) is 0.766. The molecular formula is C14H29NO3. The van der Waals surface area contributed by atoms with E-state index in [4.69, 9.17) is 15.2 Å². The van der Waals surface area contributed by atoms with Crippen LogP contribution < -0.4 is 5.73 Å². The van der Waals surface area contributed by atoms with Crippen LogP contribution in [-0.4, -0.2) is 42.7 Å². The van der Waals surface area contributed by atoms with Gasteiger partial charge in [-0.2, -0.15) is 0 Å². The first kappa shape index (κ1) is 15.9. The highest BCUT2D eigenvalue weighted by Crippen LogP contribution is 2.34. The molecule has 4 nitrogen and oxygen atoms in total. The number of hydrogen-bond donors (Lipinski definition) is 2. The fraction of sp³-hybridized carbons (Fsp3) is 1.00. The molecule has 0 aromatic rings. The van der Waals surface area contributed by atoms with Crippen molar-refractivity contribution in [2.24, 2.45) is 11.7 Å². The lowest BCUT2D eigenvalue weighted by molar-refractivity contribution is -0.113. The molecular weight excluding hydrogens is 230 g/mol. The highest BCUT2D eigenvalue weighted by Gasteiger charge is 2.34. The monoisotopic (exact) mass is 259 g/mol. The Kier molecular flexibility index (Phi) is 6.57. The molecule has 108 valence electrons. The molecule has 1 aliphatic carbocycles. The zero-order valence-corrected chi connectivity index (χ0v) is 12.0. The number of rotatable bonds is 7. The third kappa shape index (κ3) is 5.22. The molecule has 18 heavy (non-hydrogen) atoms. The predicted octanol–water partition coefficient (Wildman–Crippen LogP) is 1.70. The van der Waals surface area contributed by atoms with Crippen LogP contribution in [0.1, 0.15) is 46.5 Å².